The van der Waals surface area contributed by atoms with Crippen molar-refractivity contribution in [1.29, 1.82) is 0 Å². The van der Waals surface area contributed by atoms with Crippen LogP contribution in [-0.2, 0) is 21.1 Å². The van der Waals surface area contributed by atoms with Gasteiger partial charge in [0, 0.05) is 41.9 Å². The Morgan fingerprint density at radius 1 is 1.03 bits per heavy atom. The molecule has 2 heterocycles. The molecule has 4 rings (SSSR count). The Morgan fingerprint density at radius 2 is 1.74 bits per heavy atom. The summed E-state index contributed by atoms with van der Waals surface area (Å²) in [5.74, 6) is -0.724. The molecule has 2 aromatic carbocycles. The maximum Gasteiger partial charge on any atom is 0.259 e. The second-order valence-electron chi connectivity index (χ2n) is 10.4. The summed E-state index contributed by atoms with van der Waals surface area (Å²) in [4.78, 5) is 25.8. The Bertz CT molecular complexity index is 1300. The van der Waals surface area contributed by atoms with Crippen molar-refractivity contribution in [2.75, 3.05) is 11.9 Å². The summed E-state index contributed by atoms with van der Waals surface area (Å²) in [5, 5.41) is 6.94. The van der Waals surface area contributed by atoms with Crippen LogP contribution in [0.5, 0.6) is 0 Å². The summed E-state index contributed by atoms with van der Waals surface area (Å²) in [7, 11) is 1.15. The lowest BCUT2D eigenvalue weighted by Crippen LogP contribution is -2.34. The summed E-state index contributed by atoms with van der Waals surface area (Å²) in [6.07, 6.45) is 2.97. The van der Waals surface area contributed by atoms with Crippen molar-refractivity contribution in [3.63, 3.8) is 0 Å². The van der Waals surface area contributed by atoms with E-state index in [4.69, 9.17) is 4.43 Å². The highest BCUT2D eigenvalue weighted by Gasteiger charge is 2.34. The van der Waals surface area contributed by atoms with Crippen molar-refractivity contribution in [3.05, 3.63) is 65.9 Å². The Kier molecular flexibility index (Phi) is 7.01. The first-order valence-corrected chi connectivity index (χ1v) is 14.4. The predicted molar refractivity (Wildman–Crippen MR) is 144 cm³/mol. The molecule has 1 aliphatic heterocycles. The van der Waals surface area contributed by atoms with Crippen molar-refractivity contribution in [3.8, 4) is 0 Å². The van der Waals surface area contributed by atoms with Crippen molar-refractivity contribution in [2.45, 2.75) is 46.4 Å². The van der Waals surface area contributed by atoms with Gasteiger partial charge in [-0.3, -0.25) is 14.9 Å². The van der Waals surface area contributed by atoms with Crippen LogP contribution in [0, 0.1) is 5.41 Å². The number of aromatic nitrogens is 1. The largest absolute Gasteiger partial charge is 0.414 e. The van der Waals surface area contributed by atoms with Crippen LogP contribution in [-0.4, -0.2) is 38.1 Å². The number of hydrogen-bond acceptors (Lipinski definition) is 4. The zero-order valence-corrected chi connectivity index (χ0v) is 22.4. The van der Waals surface area contributed by atoms with Crippen LogP contribution in [0.2, 0.25) is 13.1 Å². The molecule has 1 aliphatic rings. The Labute approximate surface area is 209 Å². The van der Waals surface area contributed by atoms with E-state index in [1.807, 2.05) is 66.3 Å². The Hall–Kier alpha value is -3.16. The van der Waals surface area contributed by atoms with Crippen LogP contribution in [0.15, 0.2) is 54.7 Å². The van der Waals surface area contributed by atoms with E-state index in [2.05, 4.69) is 44.5 Å². The number of anilines is 1. The number of hydrogen-bond donors (Lipinski definition) is 2. The molecule has 1 aromatic heterocycles. The van der Waals surface area contributed by atoms with Gasteiger partial charge in [-0.25, -0.2) is 0 Å². The molecule has 6 nitrogen and oxygen atoms in total. The molecule has 0 spiro atoms. The van der Waals surface area contributed by atoms with Gasteiger partial charge in [0.1, 0.15) is 0 Å². The number of carbonyl (C=O) groups excluding carboxylic acids is 2. The van der Waals surface area contributed by atoms with Crippen LogP contribution in [0.1, 0.15) is 38.3 Å². The number of para-hydroxylation sites is 1. The highest BCUT2D eigenvalue weighted by molar-refractivity contribution is 6.50. The number of rotatable bonds is 8. The lowest BCUT2D eigenvalue weighted by molar-refractivity contribution is -0.122. The van der Waals surface area contributed by atoms with Gasteiger partial charge < -0.3 is 14.3 Å². The minimum Gasteiger partial charge on any atom is -0.414 e. The van der Waals surface area contributed by atoms with E-state index in [-0.39, 0.29) is 23.3 Å². The van der Waals surface area contributed by atoms with Gasteiger partial charge in [0.2, 0.25) is 9.04 Å². The quantitative estimate of drug-likeness (QED) is 0.336. The van der Waals surface area contributed by atoms with Gasteiger partial charge in [0.15, 0.2) is 0 Å². The molecule has 1 radical (unpaired) electrons. The fraction of sp³-hybridized carbons (Fsp3) is 0.357. The minimum atomic E-state index is -0.796. The zero-order chi connectivity index (χ0) is 25.3. The third-order valence-electron chi connectivity index (χ3n) is 6.33. The van der Waals surface area contributed by atoms with Gasteiger partial charge in [-0.05, 0) is 48.7 Å². The lowest BCUT2D eigenvalue weighted by Gasteiger charge is -2.32. The first-order chi connectivity index (χ1) is 16.6. The van der Waals surface area contributed by atoms with Gasteiger partial charge in [0.25, 0.3) is 11.8 Å². The number of amides is 2. The molecule has 0 fully saturated rings. The number of nitrogens with zero attached hydrogens (tertiary/aromatic N) is 1. The highest BCUT2D eigenvalue weighted by atomic mass is 28.3. The van der Waals surface area contributed by atoms with Gasteiger partial charge in [-0.1, -0.05) is 51.1 Å². The monoisotopic (exact) mass is 488 g/mol. The summed E-state index contributed by atoms with van der Waals surface area (Å²) in [6, 6.07) is 15.6. The zero-order valence-electron chi connectivity index (χ0n) is 21.4. The molecule has 0 aliphatic carbocycles. The maximum absolute atomic E-state index is 12.9. The summed E-state index contributed by atoms with van der Waals surface area (Å²) in [6.45, 7) is 11.7. The van der Waals surface area contributed by atoms with E-state index in [1.165, 1.54) is 0 Å². The molecule has 0 saturated heterocycles. The highest BCUT2D eigenvalue weighted by Crippen LogP contribution is 2.36. The number of benzene rings is 2. The molecule has 1 unspecified atom stereocenters. The van der Waals surface area contributed by atoms with E-state index in [1.54, 1.807) is 0 Å². The molecular formula is C28H34N3O3Si. The van der Waals surface area contributed by atoms with E-state index in [0.29, 0.717) is 11.1 Å². The molecule has 0 saturated carbocycles. The first kappa shape index (κ1) is 24.9. The smallest absolute Gasteiger partial charge is 0.259 e. The topological polar surface area (TPSA) is 72.4 Å². The van der Waals surface area contributed by atoms with Crippen LogP contribution in [0.25, 0.3) is 22.0 Å². The molecule has 3 aromatic rings. The van der Waals surface area contributed by atoms with Crippen molar-refractivity contribution in [1.82, 2.24) is 9.88 Å². The number of carbonyl (C=O) groups is 2. The molecule has 1 atom stereocenters. The third kappa shape index (κ3) is 5.26. The second kappa shape index (κ2) is 9.83. The predicted octanol–water partition coefficient (Wildman–Crippen LogP) is 5.23. The van der Waals surface area contributed by atoms with Crippen molar-refractivity contribution < 1.29 is 14.0 Å². The fourth-order valence-electron chi connectivity index (χ4n) is 4.61. The maximum atomic E-state index is 12.9. The van der Waals surface area contributed by atoms with Crippen LogP contribution in [0.4, 0.5) is 5.69 Å². The van der Waals surface area contributed by atoms with Crippen LogP contribution < -0.4 is 10.6 Å². The molecule has 0 bridgehead atoms. The minimum absolute atomic E-state index is 0.0614. The van der Waals surface area contributed by atoms with Gasteiger partial charge >= 0.3 is 0 Å². The average Bonchev–Trinajstić information content (AvgIpc) is 3.27. The summed E-state index contributed by atoms with van der Waals surface area (Å²) >= 11 is 0. The van der Waals surface area contributed by atoms with E-state index in [9.17, 15) is 9.59 Å². The molecular weight excluding hydrogens is 454 g/mol. The molecule has 35 heavy (non-hydrogen) atoms. The van der Waals surface area contributed by atoms with E-state index in [0.717, 1.165) is 40.7 Å². The number of imide groups is 1. The summed E-state index contributed by atoms with van der Waals surface area (Å²) < 4.78 is 8.23. The molecule has 7 heteroatoms. The second-order valence-corrected chi connectivity index (χ2v) is 12.4. The number of fused-ring (bicyclic) bond motifs is 1. The molecule has 2 amide bonds. The third-order valence-corrected chi connectivity index (χ3v) is 7.08. The van der Waals surface area contributed by atoms with E-state index >= 15 is 0 Å². The van der Waals surface area contributed by atoms with Crippen LogP contribution in [0.3, 0.4) is 0 Å². The van der Waals surface area contributed by atoms with Gasteiger partial charge in [0.05, 0.1) is 17.3 Å². The van der Waals surface area contributed by atoms with Crippen molar-refractivity contribution in [2.24, 2.45) is 12.5 Å². The molecule has 183 valence electrons. The van der Waals surface area contributed by atoms with Crippen molar-refractivity contribution >= 4 is 48.6 Å². The number of aryl methyl sites for hydroxylation is 1. The Morgan fingerprint density at radius 3 is 2.46 bits per heavy atom. The summed E-state index contributed by atoms with van der Waals surface area (Å²) in [5.41, 5.74) is 4.30. The van der Waals surface area contributed by atoms with Gasteiger partial charge in [-0.2, -0.15) is 0 Å². The molecule has 2 N–H and O–H groups in total. The van der Waals surface area contributed by atoms with Gasteiger partial charge in [-0.15, -0.1) is 0 Å². The lowest BCUT2D eigenvalue weighted by atomic mass is 9.87. The normalized spacial score (nSPS) is 15.3. The fourth-order valence-corrected chi connectivity index (χ4v) is 5.65. The van der Waals surface area contributed by atoms with E-state index < -0.39 is 9.04 Å². The average molecular weight is 489 g/mol. The van der Waals surface area contributed by atoms with Crippen LogP contribution >= 0.6 is 0 Å². The SMILES string of the molecule is Cn1cc(C2=C(c3cccc(NCCC(O[Si](C)C)C(C)(C)C)c3)C(=O)NC2=O)c2ccccc21. The number of nitrogens with one attached hydrogen (secondary N) is 2. The first-order valence-electron chi connectivity index (χ1n) is 12.0. The standard InChI is InChI=1S/C28H34N3O3Si/c1-28(2,3)23(34-35(5)6)14-15-29-19-11-9-10-18(16-19)24-25(27(33)30-26(24)32)21-17-31(4)22-13-8-7-12-20(21)22/h7-13,16-17,23,29H,14-15H2,1-6H3,(H,30,32,33). The Balaban J connectivity index is 1.63.